The van der Waals surface area contributed by atoms with Crippen LogP contribution in [0.3, 0.4) is 0 Å². The van der Waals surface area contributed by atoms with Gasteiger partial charge < -0.3 is 19.7 Å². The quantitative estimate of drug-likeness (QED) is 0.799. The number of nitrogens with one attached hydrogen (secondary N) is 1. The van der Waals surface area contributed by atoms with Crippen LogP contribution in [0.2, 0.25) is 0 Å². The fourth-order valence-electron chi connectivity index (χ4n) is 3.05. The van der Waals surface area contributed by atoms with E-state index in [0.29, 0.717) is 35.8 Å². The number of rotatable bonds is 6. The van der Waals surface area contributed by atoms with E-state index in [2.05, 4.69) is 5.32 Å². The summed E-state index contributed by atoms with van der Waals surface area (Å²) in [7, 11) is 3.18. The highest BCUT2D eigenvalue weighted by molar-refractivity contribution is 8.00. The monoisotopic (exact) mass is 400 g/mol. The van der Waals surface area contributed by atoms with E-state index in [9.17, 15) is 9.59 Å². The first-order valence-corrected chi connectivity index (χ1v) is 9.96. The van der Waals surface area contributed by atoms with Crippen molar-refractivity contribution in [2.45, 2.75) is 30.5 Å². The van der Waals surface area contributed by atoms with E-state index in [1.807, 2.05) is 44.2 Å². The van der Waals surface area contributed by atoms with Gasteiger partial charge in [-0.2, -0.15) is 0 Å². The number of fused-ring (bicyclic) bond motifs is 1. The molecular formula is C21H24N2O4S. The molecule has 0 saturated carbocycles. The number of anilines is 1. The molecule has 6 nitrogen and oxygen atoms in total. The lowest BCUT2D eigenvalue weighted by Gasteiger charge is -2.24. The lowest BCUT2D eigenvalue weighted by molar-refractivity contribution is -0.115. The molecule has 1 aliphatic heterocycles. The van der Waals surface area contributed by atoms with Crippen molar-refractivity contribution < 1.29 is 19.1 Å². The number of hydrogen-bond acceptors (Lipinski definition) is 5. The summed E-state index contributed by atoms with van der Waals surface area (Å²) in [5.41, 5.74) is 2.20. The molecule has 0 spiro atoms. The Kier molecular flexibility index (Phi) is 6.14. The first-order valence-electron chi connectivity index (χ1n) is 9.08. The van der Waals surface area contributed by atoms with Crippen molar-refractivity contribution in [2.75, 3.05) is 26.1 Å². The molecule has 1 heterocycles. The molecule has 1 aliphatic rings. The fraction of sp³-hybridized carbons (Fsp3) is 0.333. The van der Waals surface area contributed by atoms with E-state index in [1.165, 1.54) is 11.8 Å². The molecule has 28 heavy (non-hydrogen) atoms. The van der Waals surface area contributed by atoms with Crippen molar-refractivity contribution in [1.29, 1.82) is 0 Å². The van der Waals surface area contributed by atoms with E-state index >= 15 is 0 Å². The number of methoxy groups -OCH3 is 2. The van der Waals surface area contributed by atoms with Gasteiger partial charge in [-0.25, -0.2) is 0 Å². The molecule has 2 aromatic carbocycles. The minimum Gasteiger partial charge on any atom is -0.493 e. The number of ether oxygens (including phenoxy) is 2. The van der Waals surface area contributed by atoms with Gasteiger partial charge in [0.05, 0.1) is 25.2 Å². The summed E-state index contributed by atoms with van der Waals surface area (Å²) in [6.07, 6.45) is 0. The zero-order valence-corrected chi connectivity index (χ0v) is 17.3. The zero-order valence-electron chi connectivity index (χ0n) is 16.4. The largest absolute Gasteiger partial charge is 0.493 e. The summed E-state index contributed by atoms with van der Waals surface area (Å²) in [5.74, 6) is 1.15. The molecule has 1 N–H and O–H groups in total. The molecule has 2 aromatic rings. The third-order valence-corrected chi connectivity index (χ3v) is 5.83. The first-order chi connectivity index (χ1) is 13.5. The first kappa shape index (κ1) is 20.1. The van der Waals surface area contributed by atoms with E-state index in [1.54, 1.807) is 25.2 Å². The zero-order chi connectivity index (χ0) is 20.3. The van der Waals surface area contributed by atoms with Gasteiger partial charge in [0.1, 0.15) is 0 Å². The molecule has 0 unspecified atom stereocenters. The number of carbonyl (C=O) groups excluding carboxylic acids is 2. The van der Waals surface area contributed by atoms with Gasteiger partial charge in [-0.15, -0.1) is 11.8 Å². The molecule has 148 valence electrons. The van der Waals surface area contributed by atoms with Crippen LogP contribution in [0.15, 0.2) is 41.3 Å². The van der Waals surface area contributed by atoms with Gasteiger partial charge in [0, 0.05) is 23.5 Å². The Labute approximate surface area is 169 Å². The van der Waals surface area contributed by atoms with Crippen molar-refractivity contribution in [3.05, 3.63) is 47.5 Å². The fourth-order valence-corrected chi connectivity index (χ4v) is 3.98. The Hall–Kier alpha value is -2.67. The molecule has 0 saturated heterocycles. The topological polar surface area (TPSA) is 67.9 Å². The summed E-state index contributed by atoms with van der Waals surface area (Å²) in [6, 6.07) is 11.1. The van der Waals surface area contributed by atoms with Crippen LogP contribution < -0.4 is 14.8 Å². The number of thioether (sulfide) groups is 1. The van der Waals surface area contributed by atoms with Crippen molar-refractivity contribution in [3.8, 4) is 11.5 Å². The molecule has 2 amide bonds. The van der Waals surface area contributed by atoms with Crippen LogP contribution in [0.5, 0.6) is 11.5 Å². The van der Waals surface area contributed by atoms with Crippen molar-refractivity contribution >= 4 is 29.3 Å². The maximum Gasteiger partial charge on any atom is 0.254 e. The third kappa shape index (κ3) is 4.09. The molecule has 3 rings (SSSR count). The van der Waals surface area contributed by atoms with Crippen LogP contribution in [0.4, 0.5) is 5.69 Å². The molecular weight excluding hydrogens is 376 g/mol. The lowest BCUT2D eigenvalue weighted by atomic mass is 10.1. The Balaban J connectivity index is 1.81. The van der Waals surface area contributed by atoms with Gasteiger partial charge >= 0.3 is 0 Å². The second-order valence-corrected chi connectivity index (χ2v) is 7.85. The molecule has 7 heteroatoms. The van der Waals surface area contributed by atoms with Gasteiger partial charge in [0.25, 0.3) is 5.91 Å². The van der Waals surface area contributed by atoms with Crippen LogP contribution in [-0.2, 0) is 11.3 Å². The average molecular weight is 401 g/mol. The number of carbonyl (C=O) groups is 2. The summed E-state index contributed by atoms with van der Waals surface area (Å²) >= 11 is 1.50. The minimum absolute atomic E-state index is 0.0419. The molecule has 1 atom stereocenters. The van der Waals surface area contributed by atoms with Gasteiger partial charge in [-0.05, 0) is 49.7 Å². The molecule has 0 aromatic heterocycles. The maximum atomic E-state index is 13.0. The SMILES string of the molecule is CCN(Cc1ccc(OC)c(OC)c1)C(=O)c1ccc2c(c1)NC(=O)[C@@H](C)S2. The van der Waals surface area contributed by atoms with Crippen molar-refractivity contribution in [3.63, 3.8) is 0 Å². The molecule has 0 radical (unpaired) electrons. The highest BCUT2D eigenvalue weighted by Crippen LogP contribution is 2.36. The molecule has 0 aliphatic carbocycles. The average Bonchev–Trinajstić information content (AvgIpc) is 2.71. The maximum absolute atomic E-state index is 13.0. The third-order valence-electron chi connectivity index (χ3n) is 4.65. The smallest absolute Gasteiger partial charge is 0.254 e. The van der Waals surface area contributed by atoms with E-state index in [0.717, 1.165) is 10.5 Å². The number of hydrogen-bond donors (Lipinski definition) is 1. The van der Waals surface area contributed by atoms with E-state index < -0.39 is 0 Å². The normalized spacial score (nSPS) is 15.4. The van der Waals surface area contributed by atoms with Crippen LogP contribution >= 0.6 is 11.8 Å². The summed E-state index contributed by atoms with van der Waals surface area (Å²) in [5, 5.41) is 2.75. The summed E-state index contributed by atoms with van der Waals surface area (Å²) in [4.78, 5) is 27.7. The number of benzene rings is 2. The second kappa shape index (κ2) is 8.56. The van der Waals surface area contributed by atoms with Gasteiger partial charge in [-0.3, -0.25) is 9.59 Å². The van der Waals surface area contributed by atoms with Crippen molar-refractivity contribution in [2.24, 2.45) is 0 Å². The Morgan fingerprint density at radius 3 is 2.57 bits per heavy atom. The van der Waals surface area contributed by atoms with Crippen LogP contribution in [0, 0.1) is 0 Å². The van der Waals surface area contributed by atoms with Crippen LogP contribution in [0.25, 0.3) is 0 Å². The highest BCUT2D eigenvalue weighted by Gasteiger charge is 2.24. The second-order valence-electron chi connectivity index (χ2n) is 6.47. The van der Waals surface area contributed by atoms with Crippen LogP contribution in [0.1, 0.15) is 29.8 Å². The summed E-state index contributed by atoms with van der Waals surface area (Å²) in [6.45, 7) is 4.81. The number of nitrogens with zero attached hydrogens (tertiary/aromatic N) is 1. The van der Waals surface area contributed by atoms with Gasteiger partial charge in [0.15, 0.2) is 11.5 Å². The van der Waals surface area contributed by atoms with Gasteiger partial charge in [-0.1, -0.05) is 6.07 Å². The van der Waals surface area contributed by atoms with Crippen molar-refractivity contribution in [1.82, 2.24) is 4.90 Å². The predicted octanol–water partition coefficient (Wildman–Crippen LogP) is 3.80. The highest BCUT2D eigenvalue weighted by atomic mass is 32.2. The Morgan fingerprint density at radius 1 is 1.14 bits per heavy atom. The number of amides is 2. The Morgan fingerprint density at radius 2 is 1.89 bits per heavy atom. The van der Waals surface area contributed by atoms with Crippen LogP contribution in [-0.4, -0.2) is 42.7 Å². The predicted molar refractivity (Wildman–Crippen MR) is 110 cm³/mol. The minimum atomic E-state index is -0.133. The standard InChI is InChI=1S/C21H24N2O4S/c1-5-23(12-14-6-8-17(26-3)18(10-14)27-4)21(25)15-7-9-19-16(11-15)22-20(24)13(2)28-19/h6-11,13H,5,12H2,1-4H3,(H,22,24)/t13-/m1/s1. The lowest BCUT2D eigenvalue weighted by Crippen LogP contribution is -2.31. The van der Waals surface area contributed by atoms with E-state index in [4.69, 9.17) is 9.47 Å². The van der Waals surface area contributed by atoms with E-state index in [-0.39, 0.29) is 17.1 Å². The summed E-state index contributed by atoms with van der Waals surface area (Å²) < 4.78 is 10.6. The Bertz CT molecular complexity index is 900. The molecule has 0 fully saturated rings. The van der Waals surface area contributed by atoms with Gasteiger partial charge in [0.2, 0.25) is 5.91 Å². The molecule has 0 bridgehead atoms.